The van der Waals surface area contributed by atoms with Gasteiger partial charge in [-0.1, -0.05) is 0 Å². The lowest BCUT2D eigenvalue weighted by Gasteiger charge is -2.15. The van der Waals surface area contributed by atoms with Gasteiger partial charge in [-0.15, -0.1) is 0 Å². The minimum absolute atomic E-state index is 0.610. The fourth-order valence-corrected chi connectivity index (χ4v) is 2.58. The van der Waals surface area contributed by atoms with E-state index in [-0.39, 0.29) is 0 Å². The molecule has 1 saturated heterocycles. The summed E-state index contributed by atoms with van der Waals surface area (Å²) < 4.78 is 5.08. The number of likely N-dealkylation sites (tertiary alicyclic amines) is 1. The van der Waals surface area contributed by atoms with E-state index in [0.717, 1.165) is 18.5 Å². The molecule has 0 aromatic carbocycles. The van der Waals surface area contributed by atoms with E-state index in [1.54, 1.807) is 19.4 Å². The van der Waals surface area contributed by atoms with Crippen molar-refractivity contribution in [1.82, 2.24) is 14.9 Å². The van der Waals surface area contributed by atoms with E-state index >= 15 is 0 Å². The van der Waals surface area contributed by atoms with Gasteiger partial charge in [0.1, 0.15) is 0 Å². The number of nitrogens with zero attached hydrogens (tertiary/aromatic N) is 3. The van der Waals surface area contributed by atoms with Gasteiger partial charge >= 0.3 is 0 Å². The zero-order chi connectivity index (χ0) is 12.4. The van der Waals surface area contributed by atoms with Gasteiger partial charge in [-0.2, -0.15) is 4.98 Å². The largest absolute Gasteiger partial charge is 0.481 e. The SMILES string of the molecule is COc1ccnc(NCC2CCN(C3CC3)C2)n1. The maximum Gasteiger partial charge on any atom is 0.225 e. The number of aromatic nitrogens is 2. The van der Waals surface area contributed by atoms with Crippen molar-refractivity contribution in [3.63, 3.8) is 0 Å². The quantitative estimate of drug-likeness (QED) is 0.853. The minimum Gasteiger partial charge on any atom is -0.481 e. The summed E-state index contributed by atoms with van der Waals surface area (Å²) >= 11 is 0. The molecule has 5 nitrogen and oxygen atoms in total. The Morgan fingerprint density at radius 1 is 1.44 bits per heavy atom. The van der Waals surface area contributed by atoms with Crippen molar-refractivity contribution in [2.75, 3.05) is 32.1 Å². The van der Waals surface area contributed by atoms with Crippen LogP contribution in [0.4, 0.5) is 5.95 Å². The normalized spacial score (nSPS) is 24.2. The summed E-state index contributed by atoms with van der Waals surface area (Å²) in [6.45, 7) is 3.44. The summed E-state index contributed by atoms with van der Waals surface area (Å²) in [7, 11) is 1.62. The predicted octanol–water partition coefficient (Wildman–Crippen LogP) is 1.38. The maximum absolute atomic E-state index is 5.08. The second kappa shape index (κ2) is 5.10. The Labute approximate surface area is 108 Å². The lowest BCUT2D eigenvalue weighted by molar-refractivity contribution is 0.316. The zero-order valence-corrected chi connectivity index (χ0v) is 10.8. The lowest BCUT2D eigenvalue weighted by Crippen LogP contribution is -2.25. The van der Waals surface area contributed by atoms with E-state index in [0.29, 0.717) is 11.8 Å². The Hall–Kier alpha value is -1.36. The number of methoxy groups -OCH3 is 1. The Kier molecular flexibility index (Phi) is 3.32. The Bertz CT molecular complexity index is 408. The molecule has 1 N–H and O–H groups in total. The molecule has 0 amide bonds. The van der Waals surface area contributed by atoms with Gasteiger partial charge in [-0.25, -0.2) is 4.98 Å². The second-order valence-electron chi connectivity index (χ2n) is 5.18. The molecule has 2 heterocycles. The molecule has 2 fully saturated rings. The second-order valence-corrected chi connectivity index (χ2v) is 5.18. The highest BCUT2D eigenvalue weighted by molar-refractivity contribution is 5.27. The van der Waals surface area contributed by atoms with Crippen LogP contribution in [0.15, 0.2) is 12.3 Å². The lowest BCUT2D eigenvalue weighted by atomic mass is 10.1. The molecule has 1 aromatic heterocycles. The summed E-state index contributed by atoms with van der Waals surface area (Å²) in [6.07, 6.45) is 5.81. The van der Waals surface area contributed by atoms with Crippen LogP contribution < -0.4 is 10.1 Å². The summed E-state index contributed by atoms with van der Waals surface area (Å²) in [4.78, 5) is 11.1. The van der Waals surface area contributed by atoms with Gasteiger partial charge in [0.05, 0.1) is 7.11 Å². The number of hydrogen-bond acceptors (Lipinski definition) is 5. The van der Waals surface area contributed by atoms with Gasteiger partial charge in [0.25, 0.3) is 0 Å². The highest BCUT2D eigenvalue weighted by Gasteiger charge is 2.34. The van der Waals surface area contributed by atoms with Crippen LogP contribution in [-0.4, -0.2) is 47.7 Å². The van der Waals surface area contributed by atoms with Crippen LogP contribution in [0.2, 0.25) is 0 Å². The van der Waals surface area contributed by atoms with E-state index in [4.69, 9.17) is 4.74 Å². The van der Waals surface area contributed by atoms with E-state index in [9.17, 15) is 0 Å². The molecule has 0 bridgehead atoms. The van der Waals surface area contributed by atoms with E-state index < -0.39 is 0 Å². The first-order valence-corrected chi connectivity index (χ1v) is 6.70. The summed E-state index contributed by atoms with van der Waals surface area (Å²) in [5, 5.41) is 3.31. The number of ether oxygens (including phenoxy) is 1. The van der Waals surface area contributed by atoms with Crippen LogP contribution in [0.1, 0.15) is 19.3 Å². The summed E-state index contributed by atoms with van der Waals surface area (Å²) in [5.41, 5.74) is 0. The third-order valence-electron chi connectivity index (χ3n) is 3.77. The van der Waals surface area contributed by atoms with Crippen molar-refractivity contribution in [1.29, 1.82) is 0 Å². The van der Waals surface area contributed by atoms with Crippen molar-refractivity contribution in [3.8, 4) is 5.88 Å². The third-order valence-corrected chi connectivity index (χ3v) is 3.77. The van der Waals surface area contributed by atoms with Gasteiger partial charge < -0.3 is 15.0 Å². The Morgan fingerprint density at radius 3 is 3.11 bits per heavy atom. The van der Waals surface area contributed by atoms with Gasteiger partial charge in [0.2, 0.25) is 11.8 Å². The predicted molar refractivity (Wildman–Crippen MR) is 69.8 cm³/mol. The topological polar surface area (TPSA) is 50.3 Å². The molecule has 1 atom stereocenters. The minimum atomic E-state index is 0.610. The molecule has 3 rings (SSSR count). The van der Waals surface area contributed by atoms with Crippen LogP contribution in [0.25, 0.3) is 0 Å². The standard InChI is InChI=1S/C13H20N4O/c1-18-12-4-6-14-13(16-12)15-8-10-5-7-17(9-10)11-2-3-11/h4,6,10-11H,2-3,5,7-9H2,1H3,(H,14,15,16). The summed E-state index contributed by atoms with van der Waals surface area (Å²) in [6, 6.07) is 2.65. The number of anilines is 1. The number of hydrogen-bond donors (Lipinski definition) is 1. The Morgan fingerprint density at radius 2 is 2.33 bits per heavy atom. The number of nitrogens with one attached hydrogen (secondary N) is 1. The Balaban J connectivity index is 1.48. The average molecular weight is 248 g/mol. The van der Waals surface area contributed by atoms with Crippen LogP contribution in [0, 0.1) is 5.92 Å². The molecule has 1 aromatic rings. The van der Waals surface area contributed by atoms with Crippen LogP contribution in [-0.2, 0) is 0 Å². The molecule has 5 heteroatoms. The molecular formula is C13H20N4O. The maximum atomic E-state index is 5.08. The van der Waals surface area contributed by atoms with Crippen LogP contribution in [0.3, 0.4) is 0 Å². The first-order chi connectivity index (χ1) is 8.85. The molecule has 1 aliphatic carbocycles. The third kappa shape index (κ3) is 2.72. The van der Waals surface area contributed by atoms with Crippen molar-refractivity contribution >= 4 is 5.95 Å². The molecule has 1 saturated carbocycles. The van der Waals surface area contributed by atoms with Gasteiger partial charge in [-0.3, -0.25) is 0 Å². The van der Waals surface area contributed by atoms with Gasteiger partial charge in [-0.05, 0) is 31.7 Å². The highest BCUT2D eigenvalue weighted by Crippen LogP contribution is 2.31. The fraction of sp³-hybridized carbons (Fsp3) is 0.692. The summed E-state index contributed by atoms with van der Waals surface area (Å²) in [5.74, 6) is 2.00. The highest BCUT2D eigenvalue weighted by atomic mass is 16.5. The van der Waals surface area contributed by atoms with Crippen LogP contribution >= 0.6 is 0 Å². The molecule has 0 spiro atoms. The molecule has 1 aliphatic heterocycles. The van der Waals surface area contributed by atoms with Crippen molar-refractivity contribution in [3.05, 3.63) is 12.3 Å². The molecule has 18 heavy (non-hydrogen) atoms. The van der Waals surface area contributed by atoms with Crippen molar-refractivity contribution in [2.24, 2.45) is 5.92 Å². The average Bonchev–Trinajstić information content (AvgIpc) is 3.16. The monoisotopic (exact) mass is 248 g/mol. The molecule has 2 aliphatic rings. The van der Waals surface area contributed by atoms with E-state index in [1.807, 2.05) is 0 Å². The molecule has 1 unspecified atom stereocenters. The van der Waals surface area contributed by atoms with Gasteiger partial charge in [0, 0.05) is 31.4 Å². The zero-order valence-electron chi connectivity index (χ0n) is 10.8. The molecular weight excluding hydrogens is 228 g/mol. The smallest absolute Gasteiger partial charge is 0.225 e. The fourth-order valence-electron chi connectivity index (χ4n) is 2.58. The van der Waals surface area contributed by atoms with Gasteiger partial charge in [0.15, 0.2) is 0 Å². The molecule has 0 radical (unpaired) electrons. The van der Waals surface area contributed by atoms with E-state index in [1.165, 1.54) is 32.4 Å². The van der Waals surface area contributed by atoms with Crippen molar-refractivity contribution in [2.45, 2.75) is 25.3 Å². The molecule has 98 valence electrons. The number of rotatable bonds is 5. The van der Waals surface area contributed by atoms with Crippen LogP contribution in [0.5, 0.6) is 5.88 Å². The first kappa shape index (κ1) is 11.7. The first-order valence-electron chi connectivity index (χ1n) is 6.70. The van der Waals surface area contributed by atoms with E-state index in [2.05, 4.69) is 20.2 Å². The van der Waals surface area contributed by atoms with Crippen molar-refractivity contribution < 1.29 is 4.74 Å².